The molecule has 1 aromatic rings. The molecule has 0 saturated heterocycles. The molecule has 1 aromatic carbocycles. The molecule has 0 saturated carbocycles. The zero-order valence-corrected chi connectivity index (χ0v) is 15.0. The molecule has 0 heterocycles. The van der Waals surface area contributed by atoms with Crippen LogP contribution in [0.25, 0.3) is 0 Å². The minimum atomic E-state index is -3.36. The van der Waals surface area contributed by atoms with Crippen molar-refractivity contribution in [3.05, 3.63) is 33.8 Å². The smallest absolute Gasteiger partial charge is 0.340 e. The van der Waals surface area contributed by atoms with Crippen molar-refractivity contribution in [2.45, 2.75) is 20.3 Å². The van der Waals surface area contributed by atoms with Gasteiger partial charge in [-0.25, -0.2) is 0 Å². The van der Waals surface area contributed by atoms with Crippen molar-refractivity contribution in [1.82, 2.24) is 5.32 Å². The molecular weight excluding hydrogens is 348 g/mol. The standard InChI is InChI=1S/C14H20Cl2NO4P/c1-3-20-22(19,21-4-2)10-13(18)17-9-8-11-6-5-7-12(15)14(11)16/h5-7H,3-4,8-10H2,1-2H3,(H,17,18). The zero-order valence-electron chi connectivity index (χ0n) is 12.6. The van der Waals surface area contributed by atoms with Crippen LogP contribution < -0.4 is 5.32 Å². The van der Waals surface area contributed by atoms with Crippen LogP contribution in [0.4, 0.5) is 0 Å². The molecule has 1 rings (SSSR count). The third-order valence-corrected chi connectivity index (χ3v) is 5.57. The van der Waals surface area contributed by atoms with E-state index in [1.807, 2.05) is 6.07 Å². The molecule has 124 valence electrons. The maximum absolute atomic E-state index is 12.2. The third kappa shape index (κ3) is 6.27. The molecule has 0 aliphatic heterocycles. The Balaban J connectivity index is 2.49. The molecule has 5 nitrogen and oxygen atoms in total. The Morgan fingerprint density at radius 2 is 1.86 bits per heavy atom. The summed E-state index contributed by atoms with van der Waals surface area (Å²) in [5.41, 5.74) is 0.840. The number of hydrogen-bond acceptors (Lipinski definition) is 4. The predicted octanol–water partition coefficient (Wildman–Crippen LogP) is 3.92. The van der Waals surface area contributed by atoms with Crippen LogP contribution >= 0.6 is 30.8 Å². The topological polar surface area (TPSA) is 64.6 Å². The number of benzene rings is 1. The highest BCUT2D eigenvalue weighted by atomic mass is 35.5. The summed E-state index contributed by atoms with van der Waals surface area (Å²) in [7, 11) is -3.36. The van der Waals surface area contributed by atoms with E-state index in [1.54, 1.807) is 26.0 Å². The lowest BCUT2D eigenvalue weighted by molar-refractivity contribution is -0.118. The van der Waals surface area contributed by atoms with E-state index in [9.17, 15) is 9.36 Å². The molecule has 0 aliphatic carbocycles. The minimum absolute atomic E-state index is 0.225. The molecule has 1 N–H and O–H groups in total. The average molecular weight is 368 g/mol. The zero-order chi connectivity index (χ0) is 16.6. The first kappa shape index (κ1) is 19.5. The van der Waals surface area contributed by atoms with Crippen LogP contribution in [0.2, 0.25) is 10.0 Å². The van der Waals surface area contributed by atoms with E-state index in [4.69, 9.17) is 32.2 Å². The quantitative estimate of drug-likeness (QED) is 0.671. The second-order valence-corrected chi connectivity index (χ2v) is 7.26. The maximum atomic E-state index is 12.2. The maximum Gasteiger partial charge on any atom is 0.340 e. The Labute approximate surface area is 140 Å². The lowest BCUT2D eigenvalue weighted by Crippen LogP contribution is -2.29. The van der Waals surface area contributed by atoms with Crippen LogP contribution in [0.1, 0.15) is 19.4 Å². The number of halogens is 2. The number of carbonyl (C=O) groups is 1. The lowest BCUT2D eigenvalue weighted by atomic mass is 10.1. The molecule has 0 atom stereocenters. The fourth-order valence-electron chi connectivity index (χ4n) is 1.83. The van der Waals surface area contributed by atoms with E-state index in [-0.39, 0.29) is 25.3 Å². The predicted molar refractivity (Wildman–Crippen MR) is 88.9 cm³/mol. The first-order chi connectivity index (χ1) is 10.4. The third-order valence-electron chi connectivity index (χ3n) is 2.74. The largest absolute Gasteiger partial charge is 0.355 e. The Bertz CT molecular complexity index is 544. The Kier molecular flexibility index (Phi) is 8.44. The molecular formula is C14H20Cl2NO4P. The van der Waals surface area contributed by atoms with Gasteiger partial charge >= 0.3 is 7.60 Å². The molecule has 22 heavy (non-hydrogen) atoms. The molecule has 0 unspecified atom stereocenters. The number of nitrogens with one attached hydrogen (secondary N) is 1. The van der Waals surface area contributed by atoms with Crippen molar-refractivity contribution >= 4 is 36.7 Å². The van der Waals surface area contributed by atoms with E-state index in [1.165, 1.54) is 0 Å². The Morgan fingerprint density at radius 1 is 1.23 bits per heavy atom. The molecule has 0 fully saturated rings. The molecule has 0 spiro atoms. The van der Waals surface area contributed by atoms with E-state index >= 15 is 0 Å². The van der Waals surface area contributed by atoms with Gasteiger partial charge in [0.25, 0.3) is 0 Å². The van der Waals surface area contributed by atoms with Crippen molar-refractivity contribution in [3.63, 3.8) is 0 Å². The van der Waals surface area contributed by atoms with Gasteiger partial charge < -0.3 is 14.4 Å². The van der Waals surface area contributed by atoms with Crippen LogP contribution in [0, 0.1) is 0 Å². The van der Waals surface area contributed by atoms with Gasteiger partial charge in [-0.3, -0.25) is 9.36 Å². The summed E-state index contributed by atoms with van der Waals surface area (Å²) in [6, 6.07) is 5.34. The second kappa shape index (κ2) is 9.53. The van der Waals surface area contributed by atoms with Gasteiger partial charge in [0.15, 0.2) is 0 Å². The van der Waals surface area contributed by atoms with Crippen molar-refractivity contribution in [2.75, 3.05) is 25.9 Å². The molecule has 1 amide bonds. The summed E-state index contributed by atoms with van der Waals surface area (Å²) in [5, 5.41) is 3.63. The number of carbonyl (C=O) groups excluding carboxylic acids is 1. The molecule has 0 aromatic heterocycles. The Hall–Kier alpha value is -0.580. The molecule has 8 heteroatoms. The SMILES string of the molecule is CCOP(=O)(CC(=O)NCCc1cccc(Cl)c1Cl)OCC. The summed E-state index contributed by atoms with van der Waals surface area (Å²) in [6.07, 6.45) is 0.233. The van der Waals surface area contributed by atoms with E-state index in [2.05, 4.69) is 5.32 Å². The summed E-state index contributed by atoms with van der Waals surface area (Å²) in [6.45, 7) is 4.21. The second-order valence-electron chi connectivity index (χ2n) is 4.42. The van der Waals surface area contributed by atoms with Crippen LogP contribution in [-0.4, -0.2) is 31.8 Å². The van der Waals surface area contributed by atoms with Gasteiger partial charge in [0.1, 0.15) is 6.16 Å². The summed E-state index contributed by atoms with van der Waals surface area (Å²) < 4.78 is 22.4. The van der Waals surface area contributed by atoms with Crippen LogP contribution in [-0.2, 0) is 24.8 Å². The van der Waals surface area contributed by atoms with Gasteiger partial charge in [-0.2, -0.15) is 0 Å². The fraction of sp³-hybridized carbons (Fsp3) is 0.500. The van der Waals surface area contributed by atoms with E-state index in [0.717, 1.165) is 5.56 Å². The van der Waals surface area contributed by atoms with Gasteiger partial charge in [-0.05, 0) is 31.9 Å². The molecule has 0 bridgehead atoms. The van der Waals surface area contributed by atoms with Gasteiger partial charge in [-0.1, -0.05) is 35.3 Å². The highest BCUT2D eigenvalue weighted by molar-refractivity contribution is 7.54. The average Bonchev–Trinajstić information content (AvgIpc) is 2.43. The fourth-order valence-corrected chi connectivity index (χ4v) is 3.75. The normalized spacial score (nSPS) is 11.5. The first-order valence-electron chi connectivity index (χ1n) is 6.99. The van der Waals surface area contributed by atoms with Crippen molar-refractivity contribution < 1.29 is 18.4 Å². The first-order valence-corrected chi connectivity index (χ1v) is 9.48. The highest BCUT2D eigenvalue weighted by Crippen LogP contribution is 2.47. The number of amides is 1. The van der Waals surface area contributed by atoms with E-state index < -0.39 is 7.60 Å². The Morgan fingerprint density at radius 3 is 2.45 bits per heavy atom. The number of hydrogen-bond donors (Lipinski definition) is 1. The summed E-state index contributed by atoms with van der Waals surface area (Å²) in [4.78, 5) is 11.8. The van der Waals surface area contributed by atoms with Gasteiger partial charge in [0.2, 0.25) is 5.91 Å². The van der Waals surface area contributed by atoms with Crippen LogP contribution in [0.3, 0.4) is 0 Å². The number of rotatable bonds is 9. The van der Waals surface area contributed by atoms with Gasteiger partial charge in [-0.15, -0.1) is 0 Å². The summed E-state index contributed by atoms with van der Waals surface area (Å²) in [5.74, 6) is -0.386. The van der Waals surface area contributed by atoms with Gasteiger partial charge in [0.05, 0.1) is 23.3 Å². The monoisotopic (exact) mass is 367 g/mol. The van der Waals surface area contributed by atoms with Crippen molar-refractivity contribution in [2.24, 2.45) is 0 Å². The van der Waals surface area contributed by atoms with Crippen molar-refractivity contribution in [1.29, 1.82) is 0 Å². The molecule has 0 radical (unpaired) electrons. The minimum Gasteiger partial charge on any atom is -0.355 e. The van der Waals surface area contributed by atoms with Crippen molar-refractivity contribution in [3.8, 4) is 0 Å². The molecule has 0 aliphatic rings. The van der Waals surface area contributed by atoms with Crippen LogP contribution in [0.5, 0.6) is 0 Å². The highest BCUT2D eigenvalue weighted by Gasteiger charge is 2.27. The van der Waals surface area contributed by atoms with Gasteiger partial charge in [0, 0.05) is 6.54 Å². The van der Waals surface area contributed by atoms with E-state index in [0.29, 0.717) is 23.0 Å². The lowest BCUT2D eigenvalue weighted by Gasteiger charge is -2.16. The van der Waals surface area contributed by atoms with Crippen LogP contribution in [0.15, 0.2) is 18.2 Å². The summed E-state index contributed by atoms with van der Waals surface area (Å²) >= 11 is 12.0.